The van der Waals surface area contributed by atoms with E-state index >= 15 is 0 Å². The fraction of sp³-hybridized carbons (Fsp3) is 0.588. The second-order valence-corrected chi connectivity index (χ2v) is 6.41. The minimum Gasteiger partial charge on any atom is -0.351 e. The van der Waals surface area contributed by atoms with E-state index in [4.69, 9.17) is 0 Å². The lowest BCUT2D eigenvalue weighted by atomic mass is 9.63. The van der Waals surface area contributed by atoms with E-state index in [1.165, 1.54) is 12.1 Å². The molecule has 1 amide bonds. The number of carbonyl (C=O) groups is 1. The Morgan fingerprint density at radius 3 is 2.81 bits per heavy atom. The third-order valence-corrected chi connectivity index (χ3v) is 5.10. The Bertz CT molecular complexity index is 527. The van der Waals surface area contributed by atoms with Crippen molar-refractivity contribution in [2.75, 3.05) is 6.54 Å². The minimum atomic E-state index is -0.515. The summed E-state index contributed by atoms with van der Waals surface area (Å²) in [4.78, 5) is 12.8. The lowest BCUT2D eigenvalue weighted by Crippen LogP contribution is -2.58. The van der Waals surface area contributed by atoms with E-state index in [0.29, 0.717) is 6.04 Å². The van der Waals surface area contributed by atoms with Crippen molar-refractivity contribution in [2.24, 2.45) is 0 Å². The van der Waals surface area contributed by atoms with Gasteiger partial charge in [-0.05, 0) is 56.8 Å². The van der Waals surface area contributed by atoms with Crippen LogP contribution in [0, 0.1) is 5.82 Å². The molecule has 1 saturated carbocycles. The number of nitrogens with one attached hydrogen (secondary N) is 2. The van der Waals surface area contributed by atoms with Crippen LogP contribution >= 0.6 is 0 Å². The first-order valence-corrected chi connectivity index (χ1v) is 7.92. The van der Waals surface area contributed by atoms with E-state index in [1.807, 2.05) is 6.07 Å². The second-order valence-electron chi connectivity index (χ2n) is 6.41. The van der Waals surface area contributed by atoms with Gasteiger partial charge in [-0.2, -0.15) is 0 Å². The number of carbonyl (C=O) groups excluding carboxylic acids is 1. The van der Waals surface area contributed by atoms with Gasteiger partial charge in [0, 0.05) is 12.1 Å². The summed E-state index contributed by atoms with van der Waals surface area (Å²) in [6.45, 7) is 3.13. The molecule has 0 bridgehead atoms. The van der Waals surface area contributed by atoms with Gasteiger partial charge >= 0.3 is 0 Å². The SMILES string of the molecule is CC1NCCCC1NC(=O)C1(c2cccc(F)c2)CCC1. The highest BCUT2D eigenvalue weighted by Crippen LogP contribution is 2.44. The molecule has 1 aliphatic carbocycles. The molecule has 1 saturated heterocycles. The highest BCUT2D eigenvalue weighted by atomic mass is 19.1. The summed E-state index contributed by atoms with van der Waals surface area (Å²) < 4.78 is 13.5. The van der Waals surface area contributed by atoms with E-state index in [0.717, 1.165) is 44.2 Å². The first-order chi connectivity index (χ1) is 10.1. The van der Waals surface area contributed by atoms with E-state index < -0.39 is 5.41 Å². The zero-order chi connectivity index (χ0) is 14.9. The molecule has 2 N–H and O–H groups in total. The van der Waals surface area contributed by atoms with Crippen LogP contribution < -0.4 is 10.6 Å². The van der Waals surface area contributed by atoms with Crippen LogP contribution in [-0.4, -0.2) is 24.5 Å². The van der Waals surface area contributed by atoms with Crippen LogP contribution in [0.25, 0.3) is 0 Å². The van der Waals surface area contributed by atoms with Crippen molar-refractivity contribution in [3.63, 3.8) is 0 Å². The molecule has 4 heteroatoms. The maximum absolute atomic E-state index is 13.5. The third kappa shape index (κ3) is 2.69. The highest BCUT2D eigenvalue weighted by Gasteiger charge is 2.46. The largest absolute Gasteiger partial charge is 0.351 e. The third-order valence-electron chi connectivity index (χ3n) is 5.10. The summed E-state index contributed by atoms with van der Waals surface area (Å²) in [5, 5.41) is 6.60. The predicted octanol–water partition coefficient (Wildman–Crippen LogP) is 2.50. The summed E-state index contributed by atoms with van der Waals surface area (Å²) in [7, 11) is 0. The van der Waals surface area contributed by atoms with E-state index in [1.54, 1.807) is 6.07 Å². The van der Waals surface area contributed by atoms with Gasteiger partial charge in [0.25, 0.3) is 0 Å². The Hall–Kier alpha value is -1.42. The van der Waals surface area contributed by atoms with Gasteiger partial charge in [0.1, 0.15) is 5.82 Å². The molecule has 2 fully saturated rings. The van der Waals surface area contributed by atoms with Crippen LogP contribution in [-0.2, 0) is 10.2 Å². The lowest BCUT2D eigenvalue weighted by Gasteiger charge is -2.43. The molecular weight excluding hydrogens is 267 g/mol. The first kappa shape index (κ1) is 14.5. The zero-order valence-electron chi connectivity index (χ0n) is 12.5. The molecule has 21 heavy (non-hydrogen) atoms. The standard InChI is InChI=1S/C17H23FN2O/c1-12-15(7-3-10-19-12)20-16(21)17(8-4-9-17)13-5-2-6-14(18)11-13/h2,5-6,11-12,15,19H,3-4,7-10H2,1H3,(H,20,21). The van der Waals surface area contributed by atoms with Crippen LogP contribution in [0.4, 0.5) is 4.39 Å². The van der Waals surface area contributed by atoms with Gasteiger partial charge in [0.05, 0.1) is 5.41 Å². The molecule has 2 unspecified atom stereocenters. The molecule has 3 nitrogen and oxygen atoms in total. The lowest BCUT2D eigenvalue weighted by molar-refractivity contribution is -0.131. The molecule has 0 spiro atoms. The molecular formula is C17H23FN2O. The van der Waals surface area contributed by atoms with Gasteiger partial charge < -0.3 is 10.6 Å². The van der Waals surface area contributed by atoms with Crippen LogP contribution in [0.5, 0.6) is 0 Å². The van der Waals surface area contributed by atoms with Crippen molar-refractivity contribution < 1.29 is 9.18 Å². The summed E-state index contributed by atoms with van der Waals surface area (Å²) in [6, 6.07) is 7.00. The van der Waals surface area contributed by atoms with Crippen LogP contribution in [0.2, 0.25) is 0 Å². The summed E-state index contributed by atoms with van der Waals surface area (Å²) in [5.41, 5.74) is 0.307. The fourth-order valence-corrected chi connectivity index (χ4v) is 3.51. The molecule has 2 atom stereocenters. The van der Waals surface area contributed by atoms with E-state index in [-0.39, 0.29) is 17.8 Å². The normalized spacial score (nSPS) is 27.7. The number of benzene rings is 1. The Labute approximate surface area is 125 Å². The molecule has 1 aliphatic heterocycles. The van der Waals surface area contributed by atoms with E-state index in [2.05, 4.69) is 17.6 Å². The molecule has 1 heterocycles. The number of amides is 1. The van der Waals surface area contributed by atoms with Gasteiger partial charge in [0.15, 0.2) is 0 Å². The summed E-state index contributed by atoms with van der Waals surface area (Å²) in [5.74, 6) is -0.195. The average molecular weight is 290 g/mol. The molecule has 0 aromatic heterocycles. The highest BCUT2D eigenvalue weighted by molar-refractivity contribution is 5.89. The van der Waals surface area contributed by atoms with Crippen molar-refractivity contribution in [2.45, 2.75) is 56.5 Å². The molecule has 2 aliphatic rings. The number of piperidine rings is 1. The topological polar surface area (TPSA) is 41.1 Å². The average Bonchev–Trinajstić information content (AvgIpc) is 2.40. The van der Waals surface area contributed by atoms with Gasteiger partial charge in [-0.15, -0.1) is 0 Å². The molecule has 1 aromatic carbocycles. The maximum Gasteiger partial charge on any atom is 0.230 e. The van der Waals surface area contributed by atoms with Crippen molar-refractivity contribution in [1.29, 1.82) is 0 Å². The smallest absolute Gasteiger partial charge is 0.230 e. The first-order valence-electron chi connectivity index (χ1n) is 7.92. The quantitative estimate of drug-likeness (QED) is 0.898. The molecule has 114 valence electrons. The Morgan fingerprint density at radius 1 is 1.38 bits per heavy atom. The Balaban J connectivity index is 1.77. The zero-order valence-corrected chi connectivity index (χ0v) is 12.5. The van der Waals surface area contributed by atoms with Crippen molar-refractivity contribution >= 4 is 5.91 Å². The number of rotatable bonds is 3. The van der Waals surface area contributed by atoms with Gasteiger partial charge in [-0.3, -0.25) is 4.79 Å². The van der Waals surface area contributed by atoms with Crippen LogP contribution in [0.15, 0.2) is 24.3 Å². The number of hydrogen-bond donors (Lipinski definition) is 2. The van der Waals surface area contributed by atoms with Gasteiger partial charge in [0.2, 0.25) is 5.91 Å². The Morgan fingerprint density at radius 2 is 2.19 bits per heavy atom. The van der Waals surface area contributed by atoms with Crippen molar-refractivity contribution in [3.05, 3.63) is 35.6 Å². The number of hydrogen-bond acceptors (Lipinski definition) is 2. The van der Waals surface area contributed by atoms with Crippen LogP contribution in [0.3, 0.4) is 0 Å². The predicted molar refractivity (Wildman–Crippen MR) is 80.6 cm³/mol. The van der Waals surface area contributed by atoms with E-state index in [9.17, 15) is 9.18 Å². The second kappa shape index (κ2) is 5.76. The summed E-state index contributed by atoms with van der Waals surface area (Å²) in [6.07, 6.45) is 4.76. The monoisotopic (exact) mass is 290 g/mol. The minimum absolute atomic E-state index is 0.0694. The molecule has 1 aromatic rings. The molecule has 3 rings (SSSR count). The fourth-order valence-electron chi connectivity index (χ4n) is 3.51. The number of halogens is 1. The molecule has 0 radical (unpaired) electrons. The van der Waals surface area contributed by atoms with Crippen molar-refractivity contribution in [1.82, 2.24) is 10.6 Å². The van der Waals surface area contributed by atoms with Crippen molar-refractivity contribution in [3.8, 4) is 0 Å². The van der Waals surface area contributed by atoms with Crippen LogP contribution in [0.1, 0.15) is 44.6 Å². The van der Waals surface area contributed by atoms with Gasteiger partial charge in [-0.25, -0.2) is 4.39 Å². The maximum atomic E-state index is 13.5. The summed E-state index contributed by atoms with van der Waals surface area (Å²) >= 11 is 0. The van der Waals surface area contributed by atoms with Gasteiger partial charge in [-0.1, -0.05) is 18.6 Å². The Kier molecular flexibility index (Phi) is 3.98.